The smallest absolute Gasteiger partial charge is 0.123 e. The van der Waals surface area contributed by atoms with Crippen LogP contribution in [-0.4, -0.2) is 6.04 Å². The Kier molecular flexibility index (Phi) is 2.01. The first-order valence-electron chi connectivity index (χ1n) is 4.62. The zero-order chi connectivity index (χ0) is 10.2. The van der Waals surface area contributed by atoms with E-state index in [1.165, 1.54) is 12.1 Å². The van der Waals surface area contributed by atoms with E-state index in [2.05, 4.69) is 6.07 Å². The van der Waals surface area contributed by atoms with Crippen LogP contribution in [0.1, 0.15) is 18.4 Å². The highest BCUT2D eigenvalue weighted by molar-refractivity contribution is 5.38. The van der Waals surface area contributed by atoms with E-state index in [4.69, 9.17) is 11.0 Å². The number of nitrogens with two attached hydrogens (primary N) is 1. The monoisotopic (exact) mass is 190 g/mol. The number of hydrogen-bond acceptors (Lipinski definition) is 2. The number of halogens is 1. The van der Waals surface area contributed by atoms with Crippen molar-refractivity contribution >= 4 is 0 Å². The maximum atomic E-state index is 12.7. The van der Waals surface area contributed by atoms with Gasteiger partial charge in [-0.1, -0.05) is 12.1 Å². The van der Waals surface area contributed by atoms with Gasteiger partial charge in [-0.2, -0.15) is 5.26 Å². The summed E-state index contributed by atoms with van der Waals surface area (Å²) in [6.45, 7) is 0. The van der Waals surface area contributed by atoms with Crippen LogP contribution in [0.4, 0.5) is 4.39 Å². The van der Waals surface area contributed by atoms with Crippen molar-refractivity contribution in [3.8, 4) is 6.07 Å². The molecule has 1 saturated carbocycles. The Morgan fingerprint density at radius 2 is 2.07 bits per heavy atom. The third-order valence-corrected chi connectivity index (χ3v) is 3.04. The second-order valence-corrected chi connectivity index (χ2v) is 3.74. The molecule has 0 aliphatic heterocycles. The Morgan fingerprint density at radius 1 is 1.43 bits per heavy atom. The molecular formula is C11H11FN2. The van der Waals surface area contributed by atoms with Gasteiger partial charge in [-0.15, -0.1) is 0 Å². The van der Waals surface area contributed by atoms with Crippen LogP contribution in [-0.2, 0) is 5.41 Å². The summed E-state index contributed by atoms with van der Waals surface area (Å²) in [5, 5.41) is 9.11. The zero-order valence-corrected chi connectivity index (χ0v) is 7.70. The standard InChI is InChI=1S/C11H11FN2/c12-9-3-1-8(2-4-9)11(7-13)6-5-10(11)14/h1-4,10H,5-6,14H2. The molecule has 0 radical (unpaired) electrons. The van der Waals surface area contributed by atoms with Gasteiger partial charge in [0.2, 0.25) is 0 Å². The number of rotatable bonds is 1. The molecule has 0 saturated heterocycles. The molecule has 1 aromatic rings. The predicted octanol–water partition coefficient (Wildman–Crippen LogP) is 1.71. The number of hydrogen-bond donors (Lipinski definition) is 1. The van der Waals surface area contributed by atoms with Crippen LogP contribution in [0.3, 0.4) is 0 Å². The normalized spacial score (nSPS) is 30.5. The molecule has 0 bridgehead atoms. The van der Waals surface area contributed by atoms with Crippen molar-refractivity contribution in [3.63, 3.8) is 0 Å². The van der Waals surface area contributed by atoms with E-state index in [1.54, 1.807) is 12.1 Å². The average Bonchev–Trinajstić information content (AvgIpc) is 2.20. The van der Waals surface area contributed by atoms with Crippen LogP contribution in [0.2, 0.25) is 0 Å². The second kappa shape index (κ2) is 3.07. The van der Waals surface area contributed by atoms with E-state index in [1.807, 2.05) is 0 Å². The number of benzene rings is 1. The van der Waals surface area contributed by atoms with Gasteiger partial charge < -0.3 is 5.73 Å². The van der Waals surface area contributed by atoms with Gasteiger partial charge in [-0.3, -0.25) is 0 Å². The molecule has 2 nitrogen and oxygen atoms in total. The van der Waals surface area contributed by atoms with Gasteiger partial charge in [0.05, 0.1) is 11.5 Å². The molecule has 2 N–H and O–H groups in total. The van der Waals surface area contributed by atoms with E-state index in [0.717, 1.165) is 18.4 Å². The summed E-state index contributed by atoms with van der Waals surface area (Å²) in [7, 11) is 0. The van der Waals surface area contributed by atoms with E-state index >= 15 is 0 Å². The van der Waals surface area contributed by atoms with Crippen LogP contribution in [0.5, 0.6) is 0 Å². The molecule has 1 aromatic carbocycles. The fourth-order valence-electron chi connectivity index (χ4n) is 1.91. The fourth-order valence-corrected chi connectivity index (χ4v) is 1.91. The van der Waals surface area contributed by atoms with Crippen LogP contribution in [0.15, 0.2) is 24.3 Å². The van der Waals surface area contributed by atoms with Gasteiger partial charge in [0, 0.05) is 6.04 Å². The molecule has 1 aliphatic rings. The molecule has 2 atom stereocenters. The first kappa shape index (κ1) is 9.17. The molecular weight excluding hydrogens is 179 g/mol. The van der Waals surface area contributed by atoms with Gasteiger partial charge >= 0.3 is 0 Å². The minimum Gasteiger partial charge on any atom is -0.326 e. The van der Waals surface area contributed by atoms with Crippen molar-refractivity contribution in [2.24, 2.45) is 5.73 Å². The first-order valence-corrected chi connectivity index (χ1v) is 4.62. The van der Waals surface area contributed by atoms with Crippen molar-refractivity contribution in [3.05, 3.63) is 35.6 Å². The molecule has 0 spiro atoms. The molecule has 1 fully saturated rings. The summed E-state index contributed by atoms with van der Waals surface area (Å²) in [5.74, 6) is -0.283. The zero-order valence-electron chi connectivity index (χ0n) is 7.70. The largest absolute Gasteiger partial charge is 0.326 e. The average molecular weight is 190 g/mol. The minimum atomic E-state index is -0.576. The van der Waals surface area contributed by atoms with Crippen LogP contribution in [0, 0.1) is 17.1 Å². The molecule has 72 valence electrons. The molecule has 2 rings (SSSR count). The van der Waals surface area contributed by atoms with E-state index in [0.29, 0.717) is 0 Å². The molecule has 1 aliphatic carbocycles. The summed E-state index contributed by atoms with van der Waals surface area (Å²) in [6, 6.07) is 8.19. The van der Waals surface area contributed by atoms with Crippen molar-refractivity contribution < 1.29 is 4.39 Å². The second-order valence-electron chi connectivity index (χ2n) is 3.74. The van der Waals surface area contributed by atoms with E-state index < -0.39 is 5.41 Å². The minimum absolute atomic E-state index is 0.113. The molecule has 0 aromatic heterocycles. The third-order valence-electron chi connectivity index (χ3n) is 3.04. The summed E-state index contributed by atoms with van der Waals surface area (Å²) < 4.78 is 12.7. The van der Waals surface area contributed by atoms with Crippen molar-refractivity contribution in [2.75, 3.05) is 0 Å². The Labute approximate surface area is 82.1 Å². The Balaban J connectivity index is 2.39. The maximum absolute atomic E-state index is 12.7. The van der Waals surface area contributed by atoms with E-state index in [9.17, 15) is 4.39 Å². The van der Waals surface area contributed by atoms with Gasteiger partial charge in [0.15, 0.2) is 0 Å². The molecule has 3 heteroatoms. The summed E-state index contributed by atoms with van der Waals surface area (Å²) >= 11 is 0. The maximum Gasteiger partial charge on any atom is 0.123 e. The van der Waals surface area contributed by atoms with Crippen molar-refractivity contribution in [1.82, 2.24) is 0 Å². The van der Waals surface area contributed by atoms with Crippen LogP contribution in [0.25, 0.3) is 0 Å². The Hall–Kier alpha value is -1.40. The van der Waals surface area contributed by atoms with E-state index in [-0.39, 0.29) is 11.9 Å². The van der Waals surface area contributed by atoms with Gasteiger partial charge in [0.1, 0.15) is 5.82 Å². The summed E-state index contributed by atoms with van der Waals surface area (Å²) in [5.41, 5.74) is 6.08. The summed E-state index contributed by atoms with van der Waals surface area (Å²) in [4.78, 5) is 0. The van der Waals surface area contributed by atoms with Gasteiger partial charge in [-0.05, 0) is 30.5 Å². The Morgan fingerprint density at radius 3 is 2.43 bits per heavy atom. The lowest BCUT2D eigenvalue weighted by Gasteiger charge is -2.42. The van der Waals surface area contributed by atoms with Crippen molar-refractivity contribution in [1.29, 1.82) is 5.26 Å². The predicted molar refractivity (Wildman–Crippen MR) is 50.9 cm³/mol. The van der Waals surface area contributed by atoms with Crippen molar-refractivity contribution in [2.45, 2.75) is 24.3 Å². The lowest BCUT2D eigenvalue weighted by molar-refractivity contribution is 0.263. The van der Waals surface area contributed by atoms with Gasteiger partial charge in [-0.25, -0.2) is 4.39 Å². The molecule has 2 unspecified atom stereocenters. The Bertz CT molecular complexity index is 379. The highest BCUT2D eigenvalue weighted by Gasteiger charge is 2.46. The number of nitrogens with zero attached hydrogens (tertiary/aromatic N) is 1. The number of nitriles is 1. The highest BCUT2D eigenvalue weighted by atomic mass is 19.1. The fraction of sp³-hybridized carbons (Fsp3) is 0.364. The lowest BCUT2D eigenvalue weighted by atomic mass is 9.62. The topological polar surface area (TPSA) is 49.8 Å². The lowest BCUT2D eigenvalue weighted by Crippen LogP contribution is -2.53. The van der Waals surface area contributed by atoms with Crippen LogP contribution < -0.4 is 5.73 Å². The molecule has 0 amide bonds. The summed E-state index contributed by atoms with van der Waals surface area (Å²) in [6.07, 6.45) is 1.64. The third kappa shape index (κ3) is 1.11. The van der Waals surface area contributed by atoms with Crippen LogP contribution >= 0.6 is 0 Å². The SMILES string of the molecule is N#CC1(c2ccc(F)cc2)CCC1N. The quantitative estimate of drug-likeness (QED) is 0.732. The van der Waals surface area contributed by atoms with Gasteiger partial charge in [0.25, 0.3) is 0 Å². The highest BCUT2D eigenvalue weighted by Crippen LogP contribution is 2.42. The molecule has 14 heavy (non-hydrogen) atoms. The molecule has 0 heterocycles. The first-order chi connectivity index (χ1) is 6.69.